The number of carbonyl (C=O) groups is 2. The van der Waals surface area contributed by atoms with Crippen LogP contribution in [0.3, 0.4) is 0 Å². The highest BCUT2D eigenvalue weighted by atomic mass is 32.1. The van der Waals surface area contributed by atoms with Crippen LogP contribution in [0.4, 0.5) is 18.2 Å². The zero-order chi connectivity index (χ0) is 18.9. The zero-order valence-electron chi connectivity index (χ0n) is 13.8. The van der Waals surface area contributed by atoms with Crippen molar-refractivity contribution in [1.29, 1.82) is 0 Å². The van der Waals surface area contributed by atoms with Gasteiger partial charge in [0.05, 0.1) is 17.2 Å². The lowest BCUT2D eigenvalue weighted by Gasteiger charge is -2.17. The molecule has 5 nitrogen and oxygen atoms in total. The van der Waals surface area contributed by atoms with E-state index < -0.39 is 17.7 Å². The maximum atomic E-state index is 12.8. The number of amides is 2. The van der Waals surface area contributed by atoms with E-state index in [0.717, 1.165) is 29.4 Å². The van der Waals surface area contributed by atoms with Crippen molar-refractivity contribution >= 4 is 28.3 Å². The number of alkyl halides is 3. The Bertz CT molecular complexity index is 835. The summed E-state index contributed by atoms with van der Waals surface area (Å²) >= 11 is 1.16. The van der Waals surface area contributed by atoms with Gasteiger partial charge in [0.2, 0.25) is 11.8 Å². The minimum absolute atomic E-state index is 0.0442. The van der Waals surface area contributed by atoms with Crippen molar-refractivity contribution in [1.82, 2.24) is 9.27 Å². The van der Waals surface area contributed by atoms with Gasteiger partial charge in [-0.25, -0.2) is 0 Å². The highest BCUT2D eigenvalue weighted by Crippen LogP contribution is 2.30. The van der Waals surface area contributed by atoms with Gasteiger partial charge in [-0.15, -0.1) is 0 Å². The second-order valence-electron chi connectivity index (χ2n) is 6.20. The average Bonchev–Trinajstić information content (AvgIpc) is 3.13. The fraction of sp³-hybridized carbons (Fsp3) is 0.353. The number of aromatic nitrogens is 1. The minimum Gasteiger partial charge on any atom is -0.338 e. The van der Waals surface area contributed by atoms with E-state index in [1.54, 1.807) is 6.07 Å². The van der Waals surface area contributed by atoms with Crippen molar-refractivity contribution in [3.05, 3.63) is 47.2 Å². The number of hydrogen-bond donors (Lipinski definition) is 1. The Morgan fingerprint density at radius 1 is 1.38 bits per heavy atom. The lowest BCUT2D eigenvalue weighted by molar-refractivity contribution is -0.137. The van der Waals surface area contributed by atoms with E-state index in [1.807, 2.05) is 6.92 Å². The predicted molar refractivity (Wildman–Crippen MR) is 90.4 cm³/mol. The van der Waals surface area contributed by atoms with Gasteiger partial charge in [0, 0.05) is 19.5 Å². The first-order valence-corrected chi connectivity index (χ1v) is 8.68. The summed E-state index contributed by atoms with van der Waals surface area (Å²) in [6.45, 7) is 2.03. The molecule has 1 aromatic carbocycles. The summed E-state index contributed by atoms with van der Waals surface area (Å²) < 4.78 is 42.5. The van der Waals surface area contributed by atoms with Gasteiger partial charge in [0.1, 0.15) is 5.00 Å². The van der Waals surface area contributed by atoms with Gasteiger partial charge in [-0.1, -0.05) is 12.1 Å². The second-order valence-corrected chi connectivity index (χ2v) is 7.00. The van der Waals surface area contributed by atoms with Gasteiger partial charge >= 0.3 is 6.18 Å². The van der Waals surface area contributed by atoms with E-state index in [1.165, 1.54) is 17.0 Å². The number of nitrogens with one attached hydrogen (secondary N) is 1. The summed E-state index contributed by atoms with van der Waals surface area (Å²) in [6, 6.07) is 6.61. The third kappa shape index (κ3) is 4.21. The molecule has 0 saturated carbocycles. The van der Waals surface area contributed by atoms with Crippen LogP contribution in [0.1, 0.15) is 23.2 Å². The molecular formula is C17H16F3N3O2S. The summed E-state index contributed by atoms with van der Waals surface area (Å²) in [7, 11) is 0. The lowest BCUT2D eigenvalue weighted by atomic mass is 10.1. The van der Waals surface area contributed by atoms with Gasteiger partial charge in [-0.05, 0) is 42.2 Å². The van der Waals surface area contributed by atoms with Crippen molar-refractivity contribution < 1.29 is 22.8 Å². The summed E-state index contributed by atoms with van der Waals surface area (Å²) in [5.41, 5.74) is 0.419. The molecule has 1 fully saturated rings. The third-order valence-electron chi connectivity index (χ3n) is 4.09. The fourth-order valence-corrected chi connectivity index (χ4v) is 3.48. The van der Waals surface area contributed by atoms with Crippen LogP contribution in [0.5, 0.6) is 0 Å². The number of nitrogens with zero attached hydrogens (tertiary/aromatic N) is 2. The Labute approximate surface area is 152 Å². The molecule has 1 saturated heterocycles. The van der Waals surface area contributed by atoms with Crippen molar-refractivity contribution in [3.63, 3.8) is 0 Å². The first-order valence-electron chi connectivity index (χ1n) is 7.90. The molecule has 0 bridgehead atoms. The van der Waals surface area contributed by atoms with Crippen molar-refractivity contribution in [2.24, 2.45) is 5.92 Å². The van der Waals surface area contributed by atoms with Gasteiger partial charge in [-0.2, -0.15) is 17.5 Å². The Morgan fingerprint density at radius 2 is 2.15 bits per heavy atom. The summed E-state index contributed by atoms with van der Waals surface area (Å²) in [6.07, 6.45) is -4.39. The zero-order valence-corrected chi connectivity index (χ0v) is 14.7. The number of benzene rings is 1. The van der Waals surface area contributed by atoms with Crippen LogP contribution < -0.4 is 5.32 Å². The molecule has 0 spiro atoms. The first-order chi connectivity index (χ1) is 12.2. The van der Waals surface area contributed by atoms with Crippen LogP contribution >= 0.6 is 11.5 Å². The molecular weight excluding hydrogens is 367 g/mol. The second kappa shape index (κ2) is 7.06. The number of rotatable bonds is 4. The van der Waals surface area contributed by atoms with Crippen LogP contribution in [-0.4, -0.2) is 27.6 Å². The number of carbonyl (C=O) groups excluding carboxylic acids is 2. The van der Waals surface area contributed by atoms with Gasteiger partial charge in [0.15, 0.2) is 0 Å². The molecule has 1 N–H and O–H groups in total. The summed E-state index contributed by atoms with van der Waals surface area (Å²) in [5.74, 6) is -1.06. The number of aryl methyl sites for hydroxylation is 1. The molecule has 138 valence electrons. The predicted octanol–water partition coefficient (Wildman–Crippen LogP) is 3.46. The molecule has 9 heteroatoms. The standard InChI is InChI=1S/C17H16F3N3O2S/c1-10-5-14(26-22-10)21-16(25)12-7-15(24)23(9-12)8-11-3-2-4-13(6-11)17(18,19)20/h2-6,12H,7-9H2,1H3,(H,21,25). The maximum Gasteiger partial charge on any atom is 0.416 e. The highest BCUT2D eigenvalue weighted by molar-refractivity contribution is 7.10. The Balaban J connectivity index is 1.64. The molecule has 1 aliphatic rings. The largest absolute Gasteiger partial charge is 0.416 e. The van der Waals surface area contributed by atoms with Gasteiger partial charge in [-0.3, -0.25) is 9.59 Å². The molecule has 1 unspecified atom stereocenters. The quantitative estimate of drug-likeness (QED) is 0.880. The van der Waals surface area contributed by atoms with E-state index in [-0.39, 0.29) is 31.3 Å². The van der Waals surface area contributed by atoms with Crippen LogP contribution in [0, 0.1) is 12.8 Å². The maximum absolute atomic E-state index is 12.8. The average molecular weight is 383 g/mol. The van der Waals surface area contributed by atoms with E-state index in [4.69, 9.17) is 0 Å². The van der Waals surface area contributed by atoms with Crippen LogP contribution in [-0.2, 0) is 22.3 Å². The SMILES string of the molecule is Cc1cc(NC(=O)C2CC(=O)N(Cc3cccc(C(F)(F)F)c3)C2)sn1. The van der Waals surface area contributed by atoms with E-state index in [9.17, 15) is 22.8 Å². The topological polar surface area (TPSA) is 62.3 Å². The molecule has 0 aliphatic carbocycles. The van der Waals surface area contributed by atoms with Crippen molar-refractivity contribution in [2.75, 3.05) is 11.9 Å². The Kier molecular flexibility index (Phi) is 4.99. The van der Waals surface area contributed by atoms with Crippen molar-refractivity contribution in [3.8, 4) is 0 Å². The van der Waals surface area contributed by atoms with E-state index in [0.29, 0.717) is 10.6 Å². The van der Waals surface area contributed by atoms with Crippen LogP contribution in [0.15, 0.2) is 30.3 Å². The Hall–Kier alpha value is -2.42. The smallest absolute Gasteiger partial charge is 0.338 e. The van der Waals surface area contributed by atoms with Gasteiger partial charge in [0.25, 0.3) is 0 Å². The number of halogens is 3. The fourth-order valence-electron chi connectivity index (χ4n) is 2.81. The molecule has 1 atom stereocenters. The first kappa shape index (κ1) is 18.4. The monoisotopic (exact) mass is 383 g/mol. The summed E-state index contributed by atoms with van der Waals surface area (Å²) in [4.78, 5) is 25.9. The van der Waals surface area contributed by atoms with E-state index in [2.05, 4.69) is 9.69 Å². The molecule has 2 amide bonds. The molecule has 1 aromatic heterocycles. The normalized spacial score (nSPS) is 17.6. The number of anilines is 1. The molecule has 2 heterocycles. The Morgan fingerprint density at radius 3 is 2.81 bits per heavy atom. The molecule has 2 aromatic rings. The minimum atomic E-state index is -4.43. The van der Waals surface area contributed by atoms with Crippen LogP contribution in [0.2, 0.25) is 0 Å². The third-order valence-corrected chi connectivity index (χ3v) is 4.88. The molecule has 3 rings (SSSR count). The molecule has 26 heavy (non-hydrogen) atoms. The molecule has 1 aliphatic heterocycles. The van der Waals surface area contributed by atoms with Crippen LogP contribution in [0.25, 0.3) is 0 Å². The highest BCUT2D eigenvalue weighted by Gasteiger charge is 2.35. The summed E-state index contributed by atoms with van der Waals surface area (Å²) in [5, 5.41) is 3.34. The van der Waals surface area contributed by atoms with E-state index >= 15 is 0 Å². The number of likely N-dealkylation sites (tertiary alicyclic amines) is 1. The number of hydrogen-bond acceptors (Lipinski definition) is 4. The van der Waals surface area contributed by atoms with Gasteiger partial charge < -0.3 is 10.2 Å². The molecule has 0 radical (unpaired) electrons. The van der Waals surface area contributed by atoms with Crippen molar-refractivity contribution in [2.45, 2.75) is 26.1 Å². The lowest BCUT2D eigenvalue weighted by Crippen LogP contribution is -2.28.